The number of H-pyrrole nitrogens is 1. The van der Waals surface area contributed by atoms with Gasteiger partial charge in [0.1, 0.15) is 0 Å². The van der Waals surface area contributed by atoms with Crippen LogP contribution in [0, 0.1) is 0 Å². The number of aromatic amines is 1. The maximum absolute atomic E-state index is 11.8. The lowest BCUT2D eigenvalue weighted by Crippen LogP contribution is -2.24. The van der Waals surface area contributed by atoms with E-state index in [4.69, 9.17) is 0 Å². The van der Waals surface area contributed by atoms with Crippen LogP contribution < -0.4 is 0 Å². The van der Waals surface area contributed by atoms with Gasteiger partial charge in [0.15, 0.2) is 0 Å². The third kappa shape index (κ3) is 2.50. The number of fused-ring (bicyclic) bond motifs is 2. The van der Waals surface area contributed by atoms with Crippen molar-refractivity contribution in [3.05, 3.63) is 23.0 Å². The molecule has 20 heavy (non-hydrogen) atoms. The van der Waals surface area contributed by atoms with Gasteiger partial charge < -0.3 is 9.88 Å². The van der Waals surface area contributed by atoms with E-state index >= 15 is 0 Å². The van der Waals surface area contributed by atoms with Crippen molar-refractivity contribution in [2.45, 2.75) is 36.2 Å². The van der Waals surface area contributed by atoms with Gasteiger partial charge in [-0.2, -0.15) is 0 Å². The lowest BCUT2D eigenvalue weighted by Gasteiger charge is -2.33. The summed E-state index contributed by atoms with van der Waals surface area (Å²) < 4.78 is 0.282. The molecule has 0 saturated carbocycles. The van der Waals surface area contributed by atoms with Gasteiger partial charge in [0.2, 0.25) is 5.91 Å². The van der Waals surface area contributed by atoms with Gasteiger partial charge in [0.25, 0.3) is 0 Å². The molecule has 2 aliphatic rings. The van der Waals surface area contributed by atoms with E-state index < -0.39 is 0 Å². The molecule has 1 spiro atoms. The SMILES string of the molecule is CN(C)C(=O)CCc1c[nH]c2c1C1(CCC2)SCCS1. The van der Waals surface area contributed by atoms with Crippen LogP contribution in [0.3, 0.4) is 0 Å². The smallest absolute Gasteiger partial charge is 0.222 e. The molecule has 2 heterocycles. The zero-order valence-corrected chi connectivity index (χ0v) is 13.8. The average molecular weight is 310 g/mol. The molecule has 0 bridgehead atoms. The van der Waals surface area contributed by atoms with E-state index in [0.717, 1.165) is 6.42 Å². The summed E-state index contributed by atoms with van der Waals surface area (Å²) in [6.07, 6.45) is 7.36. The van der Waals surface area contributed by atoms with E-state index in [0.29, 0.717) is 6.42 Å². The second-order valence-electron chi connectivity index (χ2n) is 5.76. The quantitative estimate of drug-likeness (QED) is 0.932. The van der Waals surface area contributed by atoms with Gasteiger partial charge >= 0.3 is 0 Å². The molecule has 3 nitrogen and oxygen atoms in total. The zero-order valence-electron chi connectivity index (χ0n) is 12.2. The van der Waals surface area contributed by atoms with Crippen molar-refractivity contribution < 1.29 is 4.79 Å². The Kier molecular flexibility index (Phi) is 4.09. The molecule has 1 aliphatic carbocycles. The fourth-order valence-electron chi connectivity index (χ4n) is 3.21. The van der Waals surface area contributed by atoms with E-state index in [-0.39, 0.29) is 9.99 Å². The Morgan fingerprint density at radius 3 is 2.85 bits per heavy atom. The largest absolute Gasteiger partial charge is 0.364 e. The molecule has 1 N–H and O–H groups in total. The van der Waals surface area contributed by atoms with Crippen LogP contribution in [-0.4, -0.2) is 41.4 Å². The summed E-state index contributed by atoms with van der Waals surface area (Å²) in [5.41, 5.74) is 4.32. The first-order valence-electron chi connectivity index (χ1n) is 7.30. The van der Waals surface area contributed by atoms with Crippen LogP contribution in [0.25, 0.3) is 0 Å². The number of rotatable bonds is 3. The fourth-order valence-corrected chi connectivity index (χ4v) is 6.75. The van der Waals surface area contributed by atoms with Gasteiger partial charge in [-0.25, -0.2) is 0 Å². The maximum atomic E-state index is 11.8. The number of aromatic nitrogens is 1. The average Bonchev–Trinajstić information content (AvgIpc) is 3.04. The summed E-state index contributed by atoms with van der Waals surface area (Å²) in [6, 6.07) is 0. The van der Waals surface area contributed by atoms with Crippen LogP contribution in [0.1, 0.15) is 36.1 Å². The van der Waals surface area contributed by atoms with Crippen LogP contribution in [0.15, 0.2) is 6.20 Å². The molecule has 3 rings (SSSR count). The number of carbonyl (C=O) groups excluding carboxylic acids is 1. The molecule has 110 valence electrons. The predicted octanol–water partition coefficient (Wildman–Crippen LogP) is 3.00. The highest BCUT2D eigenvalue weighted by atomic mass is 32.2. The highest BCUT2D eigenvalue weighted by molar-refractivity contribution is 8.20. The molecular weight excluding hydrogens is 288 g/mol. The van der Waals surface area contributed by atoms with Crippen LogP contribution in [0.2, 0.25) is 0 Å². The fraction of sp³-hybridized carbons (Fsp3) is 0.667. The molecule has 5 heteroatoms. The molecule has 1 amide bonds. The van der Waals surface area contributed by atoms with E-state index in [2.05, 4.69) is 34.7 Å². The Morgan fingerprint density at radius 1 is 1.40 bits per heavy atom. The van der Waals surface area contributed by atoms with Crippen molar-refractivity contribution in [1.29, 1.82) is 0 Å². The zero-order chi connectivity index (χ0) is 14.2. The summed E-state index contributed by atoms with van der Waals surface area (Å²) in [5.74, 6) is 2.73. The standard InChI is InChI=1S/C15H22N2OS2/c1-17(2)13(18)6-5-11-10-16-12-4-3-7-15(14(11)12)19-8-9-20-15/h10,16H,3-9H2,1-2H3. The third-order valence-corrected chi connectivity index (χ3v) is 7.75. The van der Waals surface area contributed by atoms with Crippen LogP contribution in [-0.2, 0) is 21.7 Å². The minimum Gasteiger partial charge on any atom is -0.364 e. The Labute approximate surface area is 129 Å². The monoisotopic (exact) mass is 310 g/mol. The second kappa shape index (κ2) is 5.68. The van der Waals surface area contributed by atoms with Crippen molar-refractivity contribution in [2.24, 2.45) is 0 Å². The van der Waals surface area contributed by atoms with Crippen molar-refractivity contribution in [2.75, 3.05) is 25.6 Å². The molecule has 1 fully saturated rings. The van der Waals surface area contributed by atoms with E-state index in [9.17, 15) is 4.79 Å². The third-order valence-electron chi connectivity index (χ3n) is 4.22. The Balaban J connectivity index is 1.83. The molecule has 1 saturated heterocycles. The van der Waals surface area contributed by atoms with Crippen molar-refractivity contribution in [3.63, 3.8) is 0 Å². The van der Waals surface area contributed by atoms with Gasteiger partial charge in [-0.05, 0) is 31.2 Å². The molecule has 0 aromatic carbocycles. The molecule has 1 aromatic rings. The highest BCUT2D eigenvalue weighted by Gasteiger charge is 2.43. The Morgan fingerprint density at radius 2 is 2.15 bits per heavy atom. The van der Waals surface area contributed by atoms with E-state index in [1.54, 1.807) is 4.90 Å². The van der Waals surface area contributed by atoms with Crippen molar-refractivity contribution in [3.8, 4) is 0 Å². The molecule has 1 aromatic heterocycles. The molecule has 0 atom stereocenters. The number of aryl methyl sites for hydroxylation is 2. The molecule has 0 unspecified atom stereocenters. The summed E-state index contributed by atoms with van der Waals surface area (Å²) in [7, 11) is 3.66. The number of amides is 1. The molecular formula is C15H22N2OS2. The molecule has 1 aliphatic heterocycles. The Bertz CT molecular complexity index is 504. The first-order valence-corrected chi connectivity index (χ1v) is 9.27. The summed E-state index contributed by atoms with van der Waals surface area (Å²) >= 11 is 4.23. The van der Waals surface area contributed by atoms with Gasteiger partial charge in [-0.3, -0.25) is 4.79 Å². The number of hydrogen-bond donors (Lipinski definition) is 1. The maximum Gasteiger partial charge on any atom is 0.222 e. The Hall–Kier alpha value is -0.550. The van der Waals surface area contributed by atoms with Crippen LogP contribution in [0.4, 0.5) is 0 Å². The summed E-state index contributed by atoms with van der Waals surface area (Å²) in [6.45, 7) is 0. The number of nitrogens with zero attached hydrogens (tertiary/aromatic N) is 1. The van der Waals surface area contributed by atoms with Gasteiger partial charge in [0.05, 0.1) is 4.08 Å². The number of thioether (sulfide) groups is 2. The predicted molar refractivity (Wildman–Crippen MR) is 87.3 cm³/mol. The van der Waals surface area contributed by atoms with Crippen LogP contribution >= 0.6 is 23.5 Å². The minimum absolute atomic E-state index is 0.219. The molecule has 0 radical (unpaired) electrons. The van der Waals surface area contributed by atoms with Crippen molar-refractivity contribution >= 4 is 29.4 Å². The highest BCUT2D eigenvalue weighted by Crippen LogP contribution is 2.58. The topological polar surface area (TPSA) is 36.1 Å². The van der Waals surface area contributed by atoms with Gasteiger partial charge in [0, 0.05) is 49.5 Å². The van der Waals surface area contributed by atoms with E-state index in [1.165, 1.54) is 47.6 Å². The van der Waals surface area contributed by atoms with Crippen molar-refractivity contribution in [1.82, 2.24) is 9.88 Å². The summed E-state index contributed by atoms with van der Waals surface area (Å²) in [4.78, 5) is 17.0. The lowest BCUT2D eigenvalue weighted by molar-refractivity contribution is -0.128. The first kappa shape index (κ1) is 14.4. The van der Waals surface area contributed by atoms with Gasteiger partial charge in [-0.1, -0.05) is 0 Å². The first-order chi connectivity index (χ1) is 9.62. The number of carbonyl (C=O) groups is 1. The second-order valence-corrected chi connectivity index (χ2v) is 8.81. The summed E-state index contributed by atoms with van der Waals surface area (Å²) in [5, 5.41) is 0. The number of nitrogens with one attached hydrogen (secondary N) is 1. The normalized spacial score (nSPS) is 20.1. The van der Waals surface area contributed by atoms with E-state index in [1.807, 2.05) is 14.1 Å². The van der Waals surface area contributed by atoms with Crippen LogP contribution in [0.5, 0.6) is 0 Å². The number of hydrogen-bond acceptors (Lipinski definition) is 3. The minimum atomic E-state index is 0.219. The van der Waals surface area contributed by atoms with Gasteiger partial charge in [-0.15, -0.1) is 23.5 Å². The lowest BCUT2D eigenvalue weighted by atomic mass is 9.92.